The van der Waals surface area contributed by atoms with Gasteiger partial charge in [-0.2, -0.15) is 0 Å². The first kappa shape index (κ1) is 13.9. The predicted molar refractivity (Wildman–Crippen MR) is 75.4 cm³/mol. The molecule has 0 fully saturated rings. The first-order valence-electron chi connectivity index (χ1n) is 5.96. The van der Waals surface area contributed by atoms with Gasteiger partial charge in [0.1, 0.15) is 0 Å². The molecule has 1 heterocycles. The van der Waals surface area contributed by atoms with Crippen LogP contribution in [0.4, 0.5) is 0 Å². The largest absolute Gasteiger partial charge is 0.309 e. The number of hydrogen-bond donors (Lipinski definition) is 2. The Kier molecular flexibility index (Phi) is 4.66. The lowest BCUT2D eigenvalue weighted by Gasteiger charge is -2.13. The van der Waals surface area contributed by atoms with Gasteiger partial charge in [0.2, 0.25) is 10.0 Å². The molecule has 1 aliphatic rings. The van der Waals surface area contributed by atoms with Crippen molar-refractivity contribution in [3.63, 3.8) is 0 Å². The van der Waals surface area contributed by atoms with E-state index < -0.39 is 10.0 Å². The Bertz CT molecular complexity index is 503. The highest BCUT2D eigenvalue weighted by Gasteiger charge is 2.21. The van der Waals surface area contributed by atoms with Gasteiger partial charge < -0.3 is 5.32 Å². The zero-order valence-electron chi connectivity index (χ0n) is 10.3. The maximum atomic E-state index is 10.9. The van der Waals surface area contributed by atoms with Crippen molar-refractivity contribution in [2.75, 3.05) is 25.1 Å². The second-order valence-corrected chi connectivity index (χ2v) is 7.27. The van der Waals surface area contributed by atoms with Crippen LogP contribution in [0.1, 0.15) is 18.0 Å². The van der Waals surface area contributed by atoms with Crippen molar-refractivity contribution in [3.05, 3.63) is 29.8 Å². The van der Waals surface area contributed by atoms with E-state index in [1.165, 1.54) is 16.7 Å². The summed E-state index contributed by atoms with van der Waals surface area (Å²) in [6.07, 6.45) is 1.99. The third kappa shape index (κ3) is 3.98. The first-order chi connectivity index (χ1) is 8.56. The molecule has 100 valence electrons. The molecule has 2 N–H and O–H groups in total. The highest BCUT2D eigenvalue weighted by atomic mass is 32.2. The summed E-state index contributed by atoms with van der Waals surface area (Å²) in [7, 11) is -3.05. The van der Waals surface area contributed by atoms with Gasteiger partial charge in [-0.3, -0.25) is 0 Å². The van der Waals surface area contributed by atoms with Gasteiger partial charge in [-0.15, -0.1) is 11.8 Å². The zero-order chi connectivity index (χ0) is 13.0. The van der Waals surface area contributed by atoms with Crippen LogP contribution in [0.3, 0.4) is 0 Å². The van der Waals surface area contributed by atoms with E-state index in [9.17, 15) is 8.42 Å². The van der Waals surface area contributed by atoms with Gasteiger partial charge in [-0.1, -0.05) is 18.2 Å². The van der Waals surface area contributed by atoms with Gasteiger partial charge in [0.15, 0.2) is 0 Å². The van der Waals surface area contributed by atoms with Crippen molar-refractivity contribution in [2.45, 2.75) is 17.4 Å². The highest BCUT2D eigenvalue weighted by Crippen LogP contribution is 2.37. The minimum Gasteiger partial charge on any atom is -0.309 e. The van der Waals surface area contributed by atoms with Gasteiger partial charge in [-0.05, 0) is 24.6 Å². The first-order valence-corrected chi connectivity index (χ1v) is 8.84. The third-order valence-corrected chi connectivity index (χ3v) is 4.72. The van der Waals surface area contributed by atoms with Crippen LogP contribution in [0.15, 0.2) is 29.2 Å². The van der Waals surface area contributed by atoms with Crippen molar-refractivity contribution >= 4 is 21.8 Å². The van der Waals surface area contributed by atoms with Gasteiger partial charge in [0, 0.05) is 23.2 Å². The summed E-state index contributed by atoms with van der Waals surface area (Å²) in [6, 6.07) is 8.81. The second-order valence-electron chi connectivity index (χ2n) is 4.38. The van der Waals surface area contributed by atoms with Gasteiger partial charge in [0.25, 0.3) is 0 Å². The Balaban J connectivity index is 1.73. The Hall–Kier alpha value is -0.560. The maximum Gasteiger partial charge on any atom is 0.208 e. The van der Waals surface area contributed by atoms with Gasteiger partial charge in [0.05, 0.1) is 6.26 Å². The van der Waals surface area contributed by atoms with Crippen LogP contribution in [-0.4, -0.2) is 33.5 Å². The van der Waals surface area contributed by atoms with E-state index in [-0.39, 0.29) is 0 Å². The van der Waals surface area contributed by atoms with E-state index >= 15 is 0 Å². The lowest BCUT2D eigenvalue weighted by Crippen LogP contribution is -2.28. The molecule has 1 aliphatic heterocycles. The van der Waals surface area contributed by atoms with E-state index in [2.05, 4.69) is 34.3 Å². The van der Waals surface area contributed by atoms with E-state index in [1.807, 2.05) is 11.8 Å². The van der Waals surface area contributed by atoms with E-state index in [0.29, 0.717) is 12.6 Å². The molecule has 0 bridgehead atoms. The number of hydrogen-bond acceptors (Lipinski definition) is 4. The number of rotatable bonds is 6. The van der Waals surface area contributed by atoms with Crippen molar-refractivity contribution in [1.82, 2.24) is 10.0 Å². The summed E-state index contributed by atoms with van der Waals surface area (Å²) < 4.78 is 24.3. The van der Waals surface area contributed by atoms with Crippen LogP contribution >= 0.6 is 11.8 Å². The number of benzene rings is 1. The molecule has 0 radical (unpaired) electrons. The van der Waals surface area contributed by atoms with Gasteiger partial charge >= 0.3 is 0 Å². The van der Waals surface area contributed by atoms with E-state index in [0.717, 1.165) is 18.7 Å². The molecule has 2 rings (SSSR count). The number of fused-ring (bicyclic) bond motifs is 1. The summed E-state index contributed by atoms with van der Waals surface area (Å²) in [5.41, 5.74) is 1.36. The summed E-state index contributed by atoms with van der Waals surface area (Å²) in [5, 5.41) is 3.47. The van der Waals surface area contributed by atoms with E-state index in [1.54, 1.807) is 0 Å². The molecule has 4 nitrogen and oxygen atoms in total. The zero-order valence-corrected chi connectivity index (χ0v) is 12.0. The van der Waals surface area contributed by atoms with Crippen LogP contribution in [0.25, 0.3) is 0 Å². The minimum absolute atomic E-state index is 0.393. The van der Waals surface area contributed by atoms with Crippen LogP contribution in [0, 0.1) is 0 Å². The molecular weight excluding hydrogens is 268 g/mol. The topological polar surface area (TPSA) is 58.2 Å². The fourth-order valence-electron chi connectivity index (χ4n) is 1.95. The molecule has 0 saturated carbocycles. The maximum absolute atomic E-state index is 10.9. The van der Waals surface area contributed by atoms with Crippen LogP contribution in [0.5, 0.6) is 0 Å². The Morgan fingerprint density at radius 3 is 2.89 bits per heavy atom. The van der Waals surface area contributed by atoms with Gasteiger partial charge in [-0.25, -0.2) is 13.1 Å². The number of thioether (sulfide) groups is 1. The molecule has 0 amide bonds. The molecule has 0 aliphatic carbocycles. The summed E-state index contributed by atoms with van der Waals surface area (Å²) in [6.45, 7) is 1.31. The standard InChI is InChI=1S/C12H18N2O2S2/c1-18(15,16)14-8-4-7-13-11-9-17-12-6-3-2-5-10(11)12/h2-3,5-6,11,13-14H,4,7-9H2,1H3. The average molecular weight is 286 g/mol. The van der Waals surface area contributed by atoms with Crippen molar-refractivity contribution in [2.24, 2.45) is 0 Å². The smallest absolute Gasteiger partial charge is 0.208 e. The molecule has 1 unspecified atom stereocenters. The molecule has 0 aromatic heterocycles. The second kappa shape index (κ2) is 6.06. The molecule has 0 saturated heterocycles. The Labute approximate surface area is 113 Å². The monoisotopic (exact) mass is 286 g/mol. The normalized spacial score (nSPS) is 18.8. The lowest BCUT2D eigenvalue weighted by atomic mass is 10.1. The lowest BCUT2D eigenvalue weighted by molar-refractivity contribution is 0.553. The minimum atomic E-state index is -3.05. The van der Waals surface area contributed by atoms with E-state index in [4.69, 9.17) is 0 Å². The Morgan fingerprint density at radius 2 is 2.11 bits per heavy atom. The summed E-state index contributed by atoms with van der Waals surface area (Å²) in [5.74, 6) is 1.05. The molecule has 1 atom stereocenters. The number of sulfonamides is 1. The van der Waals surface area contributed by atoms with Crippen molar-refractivity contribution in [3.8, 4) is 0 Å². The van der Waals surface area contributed by atoms with Crippen LogP contribution < -0.4 is 10.0 Å². The molecule has 1 aromatic rings. The fraction of sp³-hybridized carbons (Fsp3) is 0.500. The fourth-order valence-corrected chi connectivity index (χ4v) is 3.66. The SMILES string of the molecule is CS(=O)(=O)NCCCNC1CSc2ccccc21. The average Bonchev–Trinajstić information content (AvgIpc) is 2.71. The number of nitrogens with one attached hydrogen (secondary N) is 2. The molecule has 6 heteroatoms. The summed E-state index contributed by atoms with van der Waals surface area (Å²) in [4.78, 5) is 1.35. The molecule has 18 heavy (non-hydrogen) atoms. The quantitative estimate of drug-likeness (QED) is 0.775. The third-order valence-electron chi connectivity index (χ3n) is 2.81. The summed E-state index contributed by atoms with van der Waals surface area (Å²) >= 11 is 1.87. The van der Waals surface area contributed by atoms with Crippen LogP contribution in [0.2, 0.25) is 0 Å². The molecule has 0 spiro atoms. The highest BCUT2D eigenvalue weighted by molar-refractivity contribution is 7.99. The predicted octanol–water partition coefficient (Wildman–Crippen LogP) is 1.36. The van der Waals surface area contributed by atoms with Crippen LogP contribution in [-0.2, 0) is 10.0 Å². The molecule has 1 aromatic carbocycles. The van der Waals surface area contributed by atoms with Crippen molar-refractivity contribution < 1.29 is 8.42 Å². The molecular formula is C12H18N2O2S2. The Morgan fingerprint density at radius 1 is 1.33 bits per heavy atom. The van der Waals surface area contributed by atoms with Crippen molar-refractivity contribution in [1.29, 1.82) is 0 Å².